The number of anilines is 1. The lowest BCUT2D eigenvalue weighted by Crippen LogP contribution is -2.31. The molecule has 0 saturated carbocycles. The van der Waals surface area contributed by atoms with Crippen molar-refractivity contribution >= 4 is 23.4 Å². The summed E-state index contributed by atoms with van der Waals surface area (Å²) in [6.07, 6.45) is 0. The Bertz CT molecular complexity index is 479. The standard InChI is InChI=1S/C15H22N2O2S/c1-4-20-9-10(2)16-11(3)12-5-6-14-13(7-12)17-15(18)8-19-14/h5-7,10-11,16H,4,8-9H2,1-3H3,(H,17,18). The van der Waals surface area contributed by atoms with E-state index in [1.807, 2.05) is 30.0 Å². The topological polar surface area (TPSA) is 50.4 Å². The van der Waals surface area contributed by atoms with Crippen LogP contribution in [-0.2, 0) is 4.79 Å². The Hall–Kier alpha value is -1.20. The zero-order valence-corrected chi connectivity index (χ0v) is 13.0. The van der Waals surface area contributed by atoms with E-state index in [2.05, 4.69) is 31.4 Å². The average Bonchev–Trinajstić information content (AvgIpc) is 2.44. The van der Waals surface area contributed by atoms with E-state index in [0.717, 1.165) is 28.5 Å². The number of fused-ring (bicyclic) bond motifs is 1. The second-order valence-corrected chi connectivity index (χ2v) is 6.36. The Kier molecular flexibility index (Phi) is 5.31. The minimum atomic E-state index is -0.0945. The van der Waals surface area contributed by atoms with Crippen molar-refractivity contribution in [3.63, 3.8) is 0 Å². The number of nitrogens with one attached hydrogen (secondary N) is 2. The fourth-order valence-electron chi connectivity index (χ4n) is 2.24. The van der Waals surface area contributed by atoms with E-state index in [4.69, 9.17) is 4.74 Å². The van der Waals surface area contributed by atoms with E-state index in [0.29, 0.717) is 6.04 Å². The van der Waals surface area contributed by atoms with Crippen molar-refractivity contribution in [2.24, 2.45) is 0 Å². The third kappa shape index (κ3) is 3.90. The van der Waals surface area contributed by atoms with Crippen molar-refractivity contribution in [3.8, 4) is 5.75 Å². The summed E-state index contributed by atoms with van der Waals surface area (Å²) in [7, 11) is 0. The zero-order chi connectivity index (χ0) is 14.5. The normalized spacial score (nSPS) is 16.9. The van der Waals surface area contributed by atoms with Gasteiger partial charge in [-0.2, -0.15) is 11.8 Å². The first kappa shape index (κ1) is 15.2. The number of hydrogen-bond donors (Lipinski definition) is 2. The fourth-order valence-corrected chi connectivity index (χ4v) is 2.92. The molecule has 0 radical (unpaired) electrons. The summed E-state index contributed by atoms with van der Waals surface area (Å²) in [5.41, 5.74) is 1.92. The molecule has 0 aliphatic carbocycles. The largest absolute Gasteiger partial charge is 0.482 e. The van der Waals surface area contributed by atoms with Crippen LogP contribution in [0.3, 0.4) is 0 Å². The minimum Gasteiger partial charge on any atom is -0.482 e. The van der Waals surface area contributed by atoms with Crippen LogP contribution in [0.15, 0.2) is 18.2 Å². The first-order valence-electron chi connectivity index (χ1n) is 7.00. The van der Waals surface area contributed by atoms with E-state index in [1.54, 1.807) is 0 Å². The number of amides is 1. The van der Waals surface area contributed by atoms with Gasteiger partial charge in [0, 0.05) is 17.8 Å². The molecule has 5 heteroatoms. The molecule has 2 rings (SSSR count). The highest BCUT2D eigenvalue weighted by atomic mass is 32.2. The zero-order valence-electron chi connectivity index (χ0n) is 12.2. The first-order valence-corrected chi connectivity index (χ1v) is 8.16. The molecule has 1 heterocycles. The van der Waals surface area contributed by atoms with Crippen molar-refractivity contribution in [1.82, 2.24) is 5.32 Å². The third-order valence-corrected chi connectivity index (χ3v) is 4.39. The van der Waals surface area contributed by atoms with Crippen LogP contribution in [0.1, 0.15) is 32.4 Å². The molecule has 2 unspecified atom stereocenters. The number of carbonyl (C=O) groups excluding carboxylic acids is 1. The van der Waals surface area contributed by atoms with Gasteiger partial charge in [0.05, 0.1) is 5.69 Å². The SMILES string of the molecule is CCSCC(C)NC(C)c1ccc2c(c1)NC(=O)CO2. The van der Waals surface area contributed by atoms with Crippen molar-refractivity contribution in [2.75, 3.05) is 23.4 Å². The van der Waals surface area contributed by atoms with E-state index in [9.17, 15) is 4.79 Å². The van der Waals surface area contributed by atoms with Crippen LogP contribution < -0.4 is 15.4 Å². The summed E-state index contributed by atoms with van der Waals surface area (Å²) < 4.78 is 5.37. The van der Waals surface area contributed by atoms with Gasteiger partial charge in [-0.15, -0.1) is 0 Å². The van der Waals surface area contributed by atoms with Crippen molar-refractivity contribution in [2.45, 2.75) is 32.9 Å². The third-order valence-electron chi connectivity index (χ3n) is 3.24. The summed E-state index contributed by atoms with van der Waals surface area (Å²) in [6.45, 7) is 6.61. The van der Waals surface area contributed by atoms with Gasteiger partial charge in [-0.1, -0.05) is 13.0 Å². The summed E-state index contributed by atoms with van der Waals surface area (Å²) in [4.78, 5) is 11.3. The summed E-state index contributed by atoms with van der Waals surface area (Å²) in [5.74, 6) is 2.90. The van der Waals surface area contributed by atoms with Gasteiger partial charge in [-0.05, 0) is 37.3 Å². The lowest BCUT2D eigenvalue weighted by molar-refractivity contribution is -0.118. The van der Waals surface area contributed by atoms with Gasteiger partial charge in [0.2, 0.25) is 0 Å². The molecule has 0 spiro atoms. The number of thioether (sulfide) groups is 1. The van der Waals surface area contributed by atoms with Crippen LogP contribution in [-0.4, -0.2) is 30.1 Å². The van der Waals surface area contributed by atoms with Crippen LogP contribution in [0.25, 0.3) is 0 Å². The van der Waals surface area contributed by atoms with Crippen LogP contribution in [0.2, 0.25) is 0 Å². The van der Waals surface area contributed by atoms with Gasteiger partial charge in [-0.25, -0.2) is 0 Å². The molecule has 0 saturated heterocycles. The van der Waals surface area contributed by atoms with E-state index in [-0.39, 0.29) is 18.6 Å². The quantitative estimate of drug-likeness (QED) is 0.847. The average molecular weight is 294 g/mol. The second-order valence-electron chi connectivity index (χ2n) is 5.04. The number of rotatable bonds is 6. The summed E-state index contributed by atoms with van der Waals surface area (Å²) in [5, 5.41) is 6.42. The molecule has 0 bridgehead atoms. The van der Waals surface area contributed by atoms with Gasteiger partial charge in [0.25, 0.3) is 5.91 Å². The van der Waals surface area contributed by atoms with Crippen LogP contribution in [0, 0.1) is 0 Å². The van der Waals surface area contributed by atoms with Crippen molar-refractivity contribution in [1.29, 1.82) is 0 Å². The fraction of sp³-hybridized carbons (Fsp3) is 0.533. The van der Waals surface area contributed by atoms with Gasteiger partial charge >= 0.3 is 0 Å². The smallest absolute Gasteiger partial charge is 0.262 e. The van der Waals surface area contributed by atoms with E-state index in [1.165, 1.54) is 0 Å². The predicted molar refractivity (Wildman–Crippen MR) is 84.6 cm³/mol. The molecule has 4 nitrogen and oxygen atoms in total. The van der Waals surface area contributed by atoms with E-state index >= 15 is 0 Å². The van der Waals surface area contributed by atoms with Crippen molar-refractivity contribution < 1.29 is 9.53 Å². The molecule has 20 heavy (non-hydrogen) atoms. The van der Waals surface area contributed by atoms with Crippen molar-refractivity contribution in [3.05, 3.63) is 23.8 Å². The highest BCUT2D eigenvalue weighted by molar-refractivity contribution is 7.99. The number of hydrogen-bond acceptors (Lipinski definition) is 4. The van der Waals surface area contributed by atoms with Gasteiger partial charge in [0.1, 0.15) is 5.75 Å². The Balaban J connectivity index is 2.01. The van der Waals surface area contributed by atoms with E-state index < -0.39 is 0 Å². The Morgan fingerprint density at radius 1 is 1.45 bits per heavy atom. The lowest BCUT2D eigenvalue weighted by atomic mass is 10.1. The molecule has 2 atom stereocenters. The maximum absolute atomic E-state index is 11.3. The Labute approximate surface area is 124 Å². The maximum atomic E-state index is 11.3. The Morgan fingerprint density at radius 2 is 2.25 bits per heavy atom. The number of carbonyl (C=O) groups is 1. The van der Waals surface area contributed by atoms with Crippen LogP contribution >= 0.6 is 11.8 Å². The molecule has 1 aromatic carbocycles. The number of ether oxygens (including phenoxy) is 1. The molecule has 0 aromatic heterocycles. The summed E-state index contributed by atoms with van der Waals surface area (Å²) >= 11 is 1.94. The van der Waals surface area contributed by atoms with Gasteiger partial charge < -0.3 is 15.4 Å². The van der Waals surface area contributed by atoms with Gasteiger partial charge in [-0.3, -0.25) is 4.79 Å². The molecule has 1 aliphatic rings. The highest BCUT2D eigenvalue weighted by Crippen LogP contribution is 2.30. The minimum absolute atomic E-state index is 0.0945. The molecule has 2 N–H and O–H groups in total. The molecular formula is C15H22N2O2S. The van der Waals surface area contributed by atoms with Gasteiger partial charge in [0.15, 0.2) is 6.61 Å². The van der Waals surface area contributed by atoms with Crippen LogP contribution in [0.4, 0.5) is 5.69 Å². The lowest BCUT2D eigenvalue weighted by Gasteiger charge is -2.23. The second kappa shape index (κ2) is 6.99. The first-order chi connectivity index (χ1) is 9.60. The Morgan fingerprint density at radius 3 is 3.00 bits per heavy atom. The maximum Gasteiger partial charge on any atom is 0.262 e. The molecule has 0 fully saturated rings. The highest BCUT2D eigenvalue weighted by Gasteiger charge is 2.18. The number of benzene rings is 1. The molecule has 110 valence electrons. The molecule has 1 aromatic rings. The molecule has 1 aliphatic heterocycles. The predicted octanol–water partition coefficient (Wildman–Crippen LogP) is 2.81. The molecular weight excluding hydrogens is 272 g/mol. The van der Waals surface area contributed by atoms with Crippen LogP contribution in [0.5, 0.6) is 5.75 Å². The summed E-state index contributed by atoms with van der Waals surface area (Å²) in [6, 6.07) is 6.66. The monoisotopic (exact) mass is 294 g/mol. The molecule has 1 amide bonds.